The second-order valence-electron chi connectivity index (χ2n) is 6.67. The molecule has 1 heterocycles. The third-order valence-corrected chi connectivity index (χ3v) is 4.99. The minimum atomic E-state index is -0.803. The molecule has 1 aromatic rings. The molecule has 1 saturated heterocycles. The van der Waals surface area contributed by atoms with Crippen LogP contribution in [-0.2, 0) is 16.1 Å². The number of hydrogen-bond donors (Lipinski definition) is 0. The summed E-state index contributed by atoms with van der Waals surface area (Å²) in [6, 6.07) is 4.55. The molecule has 0 saturated carbocycles. The first kappa shape index (κ1) is 18.9. The highest BCUT2D eigenvalue weighted by Gasteiger charge is 2.44. The SMILES string of the molecule is COc1ccc(OC)c(CN2C(=O)C(=O)N(CCC3=CCCCC3)C2=O)c1. The first-order valence-electron chi connectivity index (χ1n) is 9.11. The van der Waals surface area contributed by atoms with Crippen LogP contribution in [-0.4, -0.2) is 48.4 Å². The predicted octanol–water partition coefficient (Wildman–Crippen LogP) is 2.89. The lowest BCUT2D eigenvalue weighted by molar-refractivity contribution is -0.143. The summed E-state index contributed by atoms with van der Waals surface area (Å²) in [5, 5.41) is 0. The monoisotopic (exact) mass is 372 g/mol. The number of urea groups is 1. The molecule has 1 aliphatic carbocycles. The summed E-state index contributed by atoms with van der Waals surface area (Å²) in [6.07, 6.45) is 7.15. The Morgan fingerprint density at radius 3 is 2.44 bits per heavy atom. The smallest absolute Gasteiger partial charge is 0.334 e. The lowest BCUT2D eigenvalue weighted by Gasteiger charge is -2.18. The molecular weight excluding hydrogens is 348 g/mol. The number of hydrogen-bond acceptors (Lipinski definition) is 5. The molecule has 7 nitrogen and oxygen atoms in total. The fourth-order valence-electron chi connectivity index (χ4n) is 3.45. The number of amides is 4. The standard InChI is InChI=1S/C20H24N2O5/c1-26-16-8-9-17(27-2)15(12-16)13-22-19(24)18(23)21(20(22)25)11-10-14-6-4-3-5-7-14/h6,8-9,12H,3-5,7,10-11,13H2,1-2H3. The van der Waals surface area contributed by atoms with Gasteiger partial charge in [-0.05, 0) is 50.3 Å². The van der Waals surface area contributed by atoms with Gasteiger partial charge in [0.15, 0.2) is 0 Å². The number of methoxy groups -OCH3 is 2. The van der Waals surface area contributed by atoms with E-state index in [4.69, 9.17) is 9.47 Å². The van der Waals surface area contributed by atoms with Crippen LogP contribution in [0, 0.1) is 0 Å². The molecule has 0 atom stereocenters. The van der Waals surface area contributed by atoms with Crippen molar-refractivity contribution >= 4 is 17.8 Å². The first-order chi connectivity index (χ1) is 13.0. The predicted molar refractivity (Wildman–Crippen MR) is 98.4 cm³/mol. The van der Waals surface area contributed by atoms with Crippen molar-refractivity contribution in [3.05, 3.63) is 35.4 Å². The number of benzene rings is 1. The van der Waals surface area contributed by atoms with Gasteiger partial charge in [-0.1, -0.05) is 11.6 Å². The fraction of sp³-hybridized carbons (Fsp3) is 0.450. The summed E-state index contributed by atoms with van der Waals surface area (Å²) in [7, 11) is 3.04. The van der Waals surface area contributed by atoms with E-state index in [2.05, 4.69) is 6.08 Å². The van der Waals surface area contributed by atoms with Crippen LogP contribution in [0.1, 0.15) is 37.7 Å². The van der Waals surface area contributed by atoms with Gasteiger partial charge in [-0.2, -0.15) is 0 Å². The highest BCUT2D eigenvalue weighted by molar-refractivity contribution is 6.44. The first-order valence-corrected chi connectivity index (χ1v) is 9.11. The summed E-state index contributed by atoms with van der Waals surface area (Å²) in [5.74, 6) is -0.465. The lowest BCUT2D eigenvalue weighted by atomic mass is 9.97. The van der Waals surface area contributed by atoms with Gasteiger partial charge in [0, 0.05) is 12.1 Å². The highest BCUT2D eigenvalue weighted by Crippen LogP contribution is 2.28. The van der Waals surface area contributed by atoms with E-state index in [9.17, 15) is 14.4 Å². The largest absolute Gasteiger partial charge is 0.497 e. The lowest BCUT2D eigenvalue weighted by Crippen LogP contribution is -2.34. The molecule has 144 valence electrons. The Balaban J connectivity index is 1.73. The number of ether oxygens (including phenoxy) is 2. The Morgan fingerprint density at radius 1 is 1.00 bits per heavy atom. The fourth-order valence-corrected chi connectivity index (χ4v) is 3.45. The molecule has 0 bridgehead atoms. The molecule has 0 unspecified atom stereocenters. The molecule has 1 aliphatic heterocycles. The van der Waals surface area contributed by atoms with Crippen LogP contribution >= 0.6 is 0 Å². The van der Waals surface area contributed by atoms with Crippen LogP contribution in [0.5, 0.6) is 11.5 Å². The summed E-state index contributed by atoms with van der Waals surface area (Å²) >= 11 is 0. The minimum Gasteiger partial charge on any atom is -0.497 e. The number of rotatable bonds is 7. The maximum absolute atomic E-state index is 12.7. The minimum absolute atomic E-state index is 0.0387. The van der Waals surface area contributed by atoms with Crippen LogP contribution in [0.25, 0.3) is 0 Å². The Hall–Kier alpha value is -2.83. The number of imide groups is 2. The summed E-state index contributed by atoms with van der Waals surface area (Å²) in [6.45, 7) is 0.198. The average Bonchev–Trinajstić information content (AvgIpc) is 2.90. The summed E-state index contributed by atoms with van der Waals surface area (Å²) < 4.78 is 10.5. The molecular formula is C20H24N2O5. The van der Waals surface area contributed by atoms with E-state index in [1.807, 2.05) is 0 Å². The van der Waals surface area contributed by atoms with Gasteiger partial charge in [0.25, 0.3) is 0 Å². The van der Waals surface area contributed by atoms with Crippen LogP contribution in [0.4, 0.5) is 4.79 Å². The van der Waals surface area contributed by atoms with Crippen molar-refractivity contribution < 1.29 is 23.9 Å². The zero-order valence-electron chi connectivity index (χ0n) is 15.7. The van der Waals surface area contributed by atoms with Crippen molar-refractivity contribution in [3.8, 4) is 11.5 Å². The Morgan fingerprint density at radius 2 is 1.78 bits per heavy atom. The zero-order valence-corrected chi connectivity index (χ0v) is 15.7. The van der Waals surface area contributed by atoms with Crippen molar-refractivity contribution in [3.63, 3.8) is 0 Å². The van der Waals surface area contributed by atoms with Gasteiger partial charge in [-0.3, -0.25) is 19.4 Å². The van der Waals surface area contributed by atoms with Gasteiger partial charge in [-0.25, -0.2) is 4.79 Å². The molecule has 3 rings (SSSR count). The summed E-state index contributed by atoms with van der Waals surface area (Å²) in [4.78, 5) is 39.4. The van der Waals surface area contributed by atoms with Gasteiger partial charge >= 0.3 is 17.8 Å². The third kappa shape index (κ3) is 3.97. The molecule has 1 fully saturated rings. The van der Waals surface area contributed by atoms with E-state index in [-0.39, 0.29) is 13.1 Å². The van der Waals surface area contributed by atoms with Gasteiger partial charge < -0.3 is 9.47 Å². The maximum atomic E-state index is 12.7. The van der Waals surface area contributed by atoms with E-state index in [1.165, 1.54) is 26.2 Å². The Bertz CT molecular complexity index is 787. The average molecular weight is 372 g/mol. The van der Waals surface area contributed by atoms with Crippen LogP contribution in [0.15, 0.2) is 29.8 Å². The quantitative estimate of drug-likeness (QED) is 0.418. The summed E-state index contributed by atoms with van der Waals surface area (Å²) in [5.41, 5.74) is 1.85. The van der Waals surface area contributed by atoms with Gasteiger partial charge in [0.2, 0.25) is 0 Å². The van der Waals surface area contributed by atoms with E-state index in [1.54, 1.807) is 18.2 Å². The van der Waals surface area contributed by atoms with Crippen molar-refractivity contribution in [1.82, 2.24) is 9.80 Å². The number of carbonyl (C=O) groups excluding carboxylic acids is 3. The van der Waals surface area contributed by atoms with E-state index in [0.29, 0.717) is 23.5 Å². The topological polar surface area (TPSA) is 76.2 Å². The van der Waals surface area contributed by atoms with E-state index >= 15 is 0 Å². The third-order valence-electron chi connectivity index (χ3n) is 4.99. The van der Waals surface area contributed by atoms with Gasteiger partial charge in [0.1, 0.15) is 11.5 Å². The molecule has 4 amide bonds. The van der Waals surface area contributed by atoms with Crippen LogP contribution < -0.4 is 9.47 Å². The number of allylic oxidation sites excluding steroid dienone is 1. The van der Waals surface area contributed by atoms with Crippen molar-refractivity contribution in [2.75, 3.05) is 20.8 Å². The second kappa shape index (κ2) is 8.24. The van der Waals surface area contributed by atoms with E-state index in [0.717, 1.165) is 29.1 Å². The molecule has 27 heavy (non-hydrogen) atoms. The Kier molecular flexibility index (Phi) is 5.78. The molecule has 7 heteroatoms. The van der Waals surface area contributed by atoms with Crippen molar-refractivity contribution in [1.29, 1.82) is 0 Å². The molecule has 0 N–H and O–H groups in total. The molecule has 1 aromatic carbocycles. The van der Waals surface area contributed by atoms with Crippen LogP contribution in [0.3, 0.4) is 0 Å². The van der Waals surface area contributed by atoms with Gasteiger partial charge in [0.05, 0.1) is 20.8 Å². The highest BCUT2D eigenvalue weighted by atomic mass is 16.5. The maximum Gasteiger partial charge on any atom is 0.334 e. The van der Waals surface area contributed by atoms with Crippen LogP contribution in [0.2, 0.25) is 0 Å². The van der Waals surface area contributed by atoms with Gasteiger partial charge in [-0.15, -0.1) is 0 Å². The number of nitrogens with zero attached hydrogens (tertiary/aromatic N) is 2. The number of carbonyl (C=O) groups is 3. The normalized spacial score (nSPS) is 17.4. The Labute approximate surface area is 158 Å². The molecule has 0 spiro atoms. The van der Waals surface area contributed by atoms with Crippen molar-refractivity contribution in [2.24, 2.45) is 0 Å². The molecule has 0 aromatic heterocycles. The van der Waals surface area contributed by atoms with Crippen molar-refractivity contribution in [2.45, 2.75) is 38.6 Å². The molecule has 2 aliphatic rings. The molecule has 0 radical (unpaired) electrons. The zero-order chi connectivity index (χ0) is 19.4. The second-order valence-corrected chi connectivity index (χ2v) is 6.67. The van der Waals surface area contributed by atoms with E-state index < -0.39 is 17.8 Å².